The third kappa shape index (κ3) is 16.0. The molecule has 0 fully saturated rings. The third-order valence-corrected chi connectivity index (χ3v) is 14.4. The maximum Gasteiger partial charge on any atom is 0.311 e. The molecule has 1 aliphatic rings. The van der Waals surface area contributed by atoms with E-state index in [1.54, 1.807) is 0 Å². The molecule has 0 bridgehead atoms. The number of ether oxygens (including phenoxy) is 3. The van der Waals surface area contributed by atoms with Crippen molar-refractivity contribution >= 4 is 33.5 Å². The zero-order valence-corrected chi connectivity index (χ0v) is 43.5. The maximum atomic E-state index is 13.4. The molecule has 5 aromatic rings. The molecular formula is C65H86O5. The van der Waals surface area contributed by atoms with E-state index in [1.165, 1.54) is 116 Å². The second-order valence-corrected chi connectivity index (χ2v) is 20.0. The van der Waals surface area contributed by atoms with E-state index in [-0.39, 0.29) is 18.0 Å². The van der Waals surface area contributed by atoms with Crippen LogP contribution in [-0.4, -0.2) is 11.9 Å². The molecule has 0 amide bonds. The van der Waals surface area contributed by atoms with Gasteiger partial charge < -0.3 is 14.2 Å². The number of hydrogen-bond acceptors (Lipinski definition) is 5. The molecule has 5 heteroatoms. The van der Waals surface area contributed by atoms with Crippen LogP contribution in [0.4, 0.5) is 0 Å². The summed E-state index contributed by atoms with van der Waals surface area (Å²) in [5.41, 5.74) is 3.13. The molecule has 1 heterocycles. The lowest BCUT2D eigenvalue weighted by Gasteiger charge is -2.34. The number of unbranched alkanes of at least 4 members (excludes halogenated alkanes) is 22. The Morgan fingerprint density at radius 3 is 1.21 bits per heavy atom. The van der Waals surface area contributed by atoms with Gasteiger partial charge in [-0.2, -0.15) is 0 Å². The molecule has 70 heavy (non-hydrogen) atoms. The molecule has 0 N–H and O–H groups in total. The third-order valence-electron chi connectivity index (χ3n) is 14.4. The quantitative estimate of drug-likeness (QED) is 0.0178. The lowest BCUT2D eigenvalue weighted by molar-refractivity contribution is -0.135. The van der Waals surface area contributed by atoms with Crippen molar-refractivity contribution in [1.29, 1.82) is 0 Å². The van der Waals surface area contributed by atoms with Crippen LogP contribution >= 0.6 is 0 Å². The van der Waals surface area contributed by atoms with Gasteiger partial charge in [0.05, 0.1) is 6.10 Å². The Kier molecular flexibility index (Phi) is 23.8. The maximum absolute atomic E-state index is 13.4. The summed E-state index contributed by atoms with van der Waals surface area (Å²) >= 11 is 0. The first-order valence-electron chi connectivity index (χ1n) is 28.0. The van der Waals surface area contributed by atoms with E-state index in [0.29, 0.717) is 24.3 Å². The van der Waals surface area contributed by atoms with Crippen molar-refractivity contribution in [2.75, 3.05) is 0 Å². The predicted molar refractivity (Wildman–Crippen MR) is 294 cm³/mol. The number of allylic oxidation sites excluding steroid dienone is 4. The van der Waals surface area contributed by atoms with Crippen LogP contribution in [0.5, 0.6) is 11.5 Å². The highest BCUT2D eigenvalue weighted by Gasteiger charge is 2.48. The Labute approximate surface area is 422 Å². The highest BCUT2D eigenvalue weighted by molar-refractivity contribution is 5.98. The number of carbonyl (C=O) groups excluding carboxylic acids is 2. The summed E-state index contributed by atoms with van der Waals surface area (Å²) in [5.74, 6) is 0.722. The minimum atomic E-state index is -1.01. The first kappa shape index (κ1) is 54.3. The second kappa shape index (κ2) is 30.7. The SMILES string of the molecule is CCCCCCCC/C=C/CCCCCCCC(=O)Oc1ccc(C2(c3ccc(OC(=O)CCCCCCC/C=C/CCCCCCCC)c4ccccc34)OC(C)c3ccccc32)c2ccccc12. The summed E-state index contributed by atoms with van der Waals surface area (Å²) < 4.78 is 19.6. The molecule has 0 aliphatic carbocycles. The van der Waals surface area contributed by atoms with Gasteiger partial charge in [-0.05, 0) is 105 Å². The van der Waals surface area contributed by atoms with Crippen molar-refractivity contribution in [3.8, 4) is 11.5 Å². The molecule has 0 radical (unpaired) electrons. The van der Waals surface area contributed by atoms with Crippen LogP contribution in [0.15, 0.2) is 121 Å². The minimum absolute atomic E-state index is 0.193. The molecule has 5 aromatic carbocycles. The van der Waals surface area contributed by atoms with Gasteiger partial charge in [0.15, 0.2) is 0 Å². The lowest BCUT2D eigenvalue weighted by atomic mass is 9.76. The van der Waals surface area contributed by atoms with E-state index < -0.39 is 5.60 Å². The van der Waals surface area contributed by atoms with E-state index in [0.717, 1.165) is 95.2 Å². The highest BCUT2D eigenvalue weighted by atomic mass is 16.5. The Morgan fingerprint density at radius 2 is 0.786 bits per heavy atom. The number of rotatable bonds is 34. The fraction of sp³-hybridized carbons (Fsp3) is 0.508. The molecule has 376 valence electrons. The van der Waals surface area contributed by atoms with E-state index in [2.05, 4.69) is 93.6 Å². The average molecular weight is 947 g/mol. The van der Waals surface area contributed by atoms with Gasteiger partial charge in [-0.15, -0.1) is 0 Å². The average Bonchev–Trinajstić information content (AvgIpc) is 3.68. The largest absolute Gasteiger partial charge is 0.426 e. The van der Waals surface area contributed by atoms with Crippen LogP contribution in [-0.2, 0) is 19.9 Å². The molecule has 1 aliphatic heterocycles. The smallest absolute Gasteiger partial charge is 0.311 e. The lowest BCUT2D eigenvalue weighted by Crippen LogP contribution is -2.30. The fourth-order valence-corrected chi connectivity index (χ4v) is 10.5. The van der Waals surface area contributed by atoms with Crippen LogP contribution in [0.25, 0.3) is 21.5 Å². The van der Waals surface area contributed by atoms with Gasteiger partial charge >= 0.3 is 11.9 Å². The number of carbonyl (C=O) groups is 2. The monoisotopic (exact) mass is 947 g/mol. The normalized spacial score (nSPS) is 14.3. The highest BCUT2D eigenvalue weighted by Crippen LogP contribution is 2.55. The van der Waals surface area contributed by atoms with Crippen molar-refractivity contribution in [2.24, 2.45) is 0 Å². The first-order valence-corrected chi connectivity index (χ1v) is 28.0. The molecule has 0 saturated heterocycles. The van der Waals surface area contributed by atoms with Crippen LogP contribution in [0.2, 0.25) is 0 Å². The van der Waals surface area contributed by atoms with Crippen molar-refractivity contribution in [2.45, 2.75) is 212 Å². The van der Waals surface area contributed by atoms with Crippen molar-refractivity contribution in [3.05, 3.63) is 144 Å². The van der Waals surface area contributed by atoms with Gasteiger partial charge in [-0.1, -0.05) is 226 Å². The Hall–Kier alpha value is -5.00. The summed E-state index contributed by atoms with van der Waals surface area (Å²) in [6.45, 7) is 6.65. The van der Waals surface area contributed by atoms with Gasteiger partial charge in [0.25, 0.3) is 0 Å². The Balaban J connectivity index is 1.06. The van der Waals surface area contributed by atoms with Gasteiger partial charge in [0.1, 0.15) is 17.1 Å². The van der Waals surface area contributed by atoms with Crippen LogP contribution in [0.1, 0.15) is 229 Å². The number of benzene rings is 5. The standard InChI is InChI=1S/C65H86O5/c1-4-6-8-10-12-14-16-18-20-22-24-26-28-30-32-46-63(66)68-61-50-48-59(54-41-34-36-43-56(54)61)65(58-45-39-38-40-53(58)52(3)70-65)60-49-51-62(57-44-37-35-42-55(57)60)69-64(67)47-33-31-29-27-25-23-21-19-17-15-13-11-9-7-5-2/h18-21,34-45,48-52H,4-17,22-33,46-47H2,1-3H3/b20-18+,21-19+. The molecule has 6 rings (SSSR count). The summed E-state index contributed by atoms with van der Waals surface area (Å²) in [6, 6.07) is 32.9. The molecule has 0 spiro atoms. The molecule has 5 nitrogen and oxygen atoms in total. The van der Waals surface area contributed by atoms with Crippen LogP contribution in [0.3, 0.4) is 0 Å². The van der Waals surface area contributed by atoms with Gasteiger partial charge in [0, 0.05) is 34.7 Å². The van der Waals surface area contributed by atoms with Gasteiger partial charge in [0.2, 0.25) is 0 Å². The number of fused-ring (bicyclic) bond motifs is 3. The molecular weight excluding hydrogens is 861 g/mol. The predicted octanol–water partition coefficient (Wildman–Crippen LogP) is 19.3. The summed E-state index contributed by atoms with van der Waals surface area (Å²) in [6.07, 6.45) is 41.7. The second-order valence-electron chi connectivity index (χ2n) is 20.0. The number of hydrogen-bond donors (Lipinski definition) is 0. The summed E-state index contributed by atoms with van der Waals surface area (Å²) in [4.78, 5) is 26.7. The van der Waals surface area contributed by atoms with Gasteiger partial charge in [-0.25, -0.2) is 0 Å². The zero-order chi connectivity index (χ0) is 49.1. The summed E-state index contributed by atoms with van der Waals surface area (Å²) in [7, 11) is 0. The molecule has 0 aromatic heterocycles. The van der Waals surface area contributed by atoms with Crippen molar-refractivity contribution in [1.82, 2.24) is 0 Å². The summed E-state index contributed by atoms with van der Waals surface area (Å²) in [5, 5.41) is 3.64. The fourth-order valence-electron chi connectivity index (χ4n) is 10.5. The van der Waals surface area contributed by atoms with E-state index in [9.17, 15) is 9.59 Å². The molecule has 1 atom stereocenters. The zero-order valence-electron chi connectivity index (χ0n) is 43.5. The molecule has 1 unspecified atom stereocenters. The van der Waals surface area contributed by atoms with E-state index in [4.69, 9.17) is 14.2 Å². The van der Waals surface area contributed by atoms with Crippen LogP contribution < -0.4 is 9.47 Å². The topological polar surface area (TPSA) is 61.8 Å². The van der Waals surface area contributed by atoms with E-state index >= 15 is 0 Å². The minimum Gasteiger partial charge on any atom is -0.426 e. The Bertz CT molecular complexity index is 2250. The van der Waals surface area contributed by atoms with Crippen LogP contribution in [0, 0.1) is 0 Å². The number of esters is 2. The van der Waals surface area contributed by atoms with E-state index in [1.807, 2.05) is 48.5 Å². The van der Waals surface area contributed by atoms with Crippen molar-refractivity contribution in [3.63, 3.8) is 0 Å². The van der Waals surface area contributed by atoms with Crippen molar-refractivity contribution < 1.29 is 23.8 Å². The Morgan fingerprint density at radius 1 is 0.429 bits per heavy atom. The molecule has 0 saturated carbocycles. The van der Waals surface area contributed by atoms with Gasteiger partial charge in [-0.3, -0.25) is 9.59 Å². The first-order chi connectivity index (χ1) is 34.5.